The fraction of sp³-hybridized carbons (Fsp3) is 0.500. The van der Waals surface area contributed by atoms with E-state index >= 15 is 0 Å². The summed E-state index contributed by atoms with van der Waals surface area (Å²) < 4.78 is 0.979. The Morgan fingerprint density at radius 3 is 2.58 bits per heavy atom. The van der Waals surface area contributed by atoms with Crippen LogP contribution in [-0.2, 0) is 4.79 Å². The van der Waals surface area contributed by atoms with Gasteiger partial charge in [0.25, 0.3) is 0 Å². The van der Waals surface area contributed by atoms with E-state index in [1.807, 2.05) is 18.2 Å². The van der Waals surface area contributed by atoms with E-state index in [4.69, 9.17) is 17.2 Å². The summed E-state index contributed by atoms with van der Waals surface area (Å²) in [5.74, 6) is -0.480. The fourth-order valence-corrected chi connectivity index (χ4v) is 2.68. The summed E-state index contributed by atoms with van der Waals surface area (Å²) in [7, 11) is 0. The van der Waals surface area contributed by atoms with Gasteiger partial charge in [-0.05, 0) is 46.7 Å². The van der Waals surface area contributed by atoms with Crippen molar-refractivity contribution in [1.82, 2.24) is 0 Å². The van der Waals surface area contributed by atoms with Crippen LogP contribution in [0.15, 0.2) is 18.2 Å². The minimum Gasteiger partial charge on any atom is -0.398 e. The maximum absolute atomic E-state index is 11.4. The molecule has 6 N–H and O–H groups in total. The molecule has 1 rings (SSSR count). The van der Waals surface area contributed by atoms with Crippen LogP contribution < -0.4 is 17.2 Å². The normalized spacial score (nSPS) is 14.1. The number of hydrogen-bond acceptors (Lipinski definition) is 3. The Morgan fingerprint density at radius 2 is 2.05 bits per heavy atom. The van der Waals surface area contributed by atoms with Gasteiger partial charge < -0.3 is 17.2 Å². The molecule has 0 radical (unpaired) electrons. The van der Waals surface area contributed by atoms with Crippen LogP contribution in [0.5, 0.6) is 0 Å². The number of primary amides is 1. The van der Waals surface area contributed by atoms with E-state index in [0.717, 1.165) is 40.5 Å². The summed E-state index contributed by atoms with van der Waals surface area (Å²) in [6.45, 7) is 2.15. The molecule has 0 aromatic heterocycles. The van der Waals surface area contributed by atoms with Crippen LogP contribution in [0, 0.1) is 3.57 Å². The van der Waals surface area contributed by atoms with Crippen molar-refractivity contribution < 1.29 is 4.79 Å². The quantitative estimate of drug-likeness (QED) is 0.388. The first kappa shape index (κ1) is 16.2. The van der Waals surface area contributed by atoms with Crippen molar-refractivity contribution in [3.63, 3.8) is 0 Å². The van der Waals surface area contributed by atoms with E-state index in [2.05, 4.69) is 29.5 Å². The van der Waals surface area contributed by atoms with Gasteiger partial charge in [-0.1, -0.05) is 32.3 Å². The average Bonchev–Trinajstić information content (AvgIpc) is 2.37. The predicted molar refractivity (Wildman–Crippen MR) is 87.6 cm³/mol. The molecule has 0 aliphatic rings. The monoisotopic (exact) mass is 375 g/mol. The summed E-state index contributed by atoms with van der Waals surface area (Å²) in [4.78, 5) is 11.4. The maximum atomic E-state index is 11.4. The molecule has 19 heavy (non-hydrogen) atoms. The lowest BCUT2D eigenvalue weighted by molar-refractivity contribution is -0.119. The Hall–Kier alpha value is -0.820. The highest BCUT2D eigenvalue weighted by atomic mass is 127. The Labute approximate surface area is 128 Å². The summed E-state index contributed by atoms with van der Waals surface area (Å²) in [6, 6.07) is 5.15. The van der Waals surface area contributed by atoms with Gasteiger partial charge in [0, 0.05) is 15.2 Å². The highest BCUT2D eigenvalue weighted by Gasteiger charge is 2.24. The lowest BCUT2D eigenvalue weighted by Gasteiger charge is -2.22. The third-order valence-corrected chi connectivity index (χ3v) is 4.27. The molecule has 4 nitrogen and oxygen atoms in total. The van der Waals surface area contributed by atoms with Crippen molar-refractivity contribution in [1.29, 1.82) is 0 Å². The number of nitrogen functional groups attached to an aromatic ring is 1. The molecule has 0 aliphatic carbocycles. The Kier molecular flexibility index (Phi) is 6.57. The second kappa shape index (κ2) is 7.69. The van der Waals surface area contributed by atoms with E-state index < -0.39 is 11.9 Å². The predicted octanol–water partition coefficient (Wildman–Crippen LogP) is 2.35. The minimum absolute atomic E-state index is 0.0295. The Balaban J connectivity index is 2.93. The van der Waals surface area contributed by atoms with Gasteiger partial charge in [0.05, 0.1) is 6.04 Å². The van der Waals surface area contributed by atoms with Crippen molar-refractivity contribution in [2.45, 2.75) is 44.6 Å². The first-order valence-corrected chi connectivity index (χ1v) is 7.65. The molecule has 1 amide bonds. The highest BCUT2D eigenvalue weighted by Crippen LogP contribution is 2.28. The largest absolute Gasteiger partial charge is 0.398 e. The molecular weight excluding hydrogens is 353 g/mol. The standard InChI is InChI=1S/C14H22IN3O/c1-2-3-4-5-10(13(17)14(18)19)9-6-7-12(16)11(15)8-9/h6-8,10,13H,2-5,16-17H2,1H3,(H2,18,19). The van der Waals surface area contributed by atoms with Gasteiger partial charge in [-0.25, -0.2) is 0 Å². The number of unbranched alkanes of at least 4 members (excludes halogenated alkanes) is 2. The second-order valence-electron chi connectivity index (χ2n) is 4.81. The maximum Gasteiger partial charge on any atom is 0.234 e. The van der Waals surface area contributed by atoms with Crippen molar-refractivity contribution in [3.8, 4) is 0 Å². The number of amides is 1. The summed E-state index contributed by atoms with van der Waals surface area (Å²) in [5.41, 5.74) is 18.9. The number of rotatable bonds is 7. The van der Waals surface area contributed by atoms with Crippen molar-refractivity contribution >= 4 is 34.2 Å². The zero-order valence-corrected chi connectivity index (χ0v) is 13.4. The molecule has 106 valence electrons. The van der Waals surface area contributed by atoms with Gasteiger partial charge in [0.15, 0.2) is 0 Å². The fourth-order valence-electron chi connectivity index (χ4n) is 2.14. The molecule has 1 aromatic rings. The number of halogens is 1. The Bertz CT molecular complexity index is 437. The number of anilines is 1. The van der Waals surface area contributed by atoms with Crippen molar-refractivity contribution in [2.24, 2.45) is 11.5 Å². The first-order valence-electron chi connectivity index (χ1n) is 6.57. The molecule has 0 bridgehead atoms. The van der Waals surface area contributed by atoms with Crippen molar-refractivity contribution in [2.75, 3.05) is 5.73 Å². The van der Waals surface area contributed by atoms with Crippen LogP contribution in [-0.4, -0.2) is 11.9 Å². The molecule has 2 unspecified atom stereocenters. The van der Waals surface area contributed by atoms with Crippen LogP contribution >= 0.6 is 22.6 Å². The number of nitrogens with two attached hydrogens (primary N) is 3. The third kappa shape index (κ3) is 4.65. The molecule has 0 saturated carbocycles. The molecular formula is C14H22IN3O. The van der Waals surface area contributed by atoms with Gasteiger partial charge in [-0.3, -0.25) is 4.79 Å². The lowest BCUT2D eigenvalue weighted by Crippen LogP contribution is -2.41. The van der Waals surface area contributed by atoms with Gasteiger partial charge in [0.2, 0.25) is 5.91 Å². The topological polar surface area (TPSA) is 95.1 Å². The third-order valence-electron chi connectivity index (χ3n) is 3.33. The summed E-state index contributed by atoms with van der Waals surface area (Å²) in [6.07, 6.45) is 4.19. The number of carbonyl (C=O) groups excluding carboxylic acids is 1. The minimum atomic E-state index is -0.642. The molecule has 0 saturated heterocycles. The van der Waals surface area contributed by atoms with E-state index in [9.17, 15) is 4.79 Å². The van der Waals surface area contributed by atoms with Gasteiger partial charge in [-0.2, -0.15) is 0 Å². The lowest BCUT2D eigenvalue weighted by atomic mass is 9.86. The van der Waals surface area contributed by atoms with Crippen molar-refractivity contribution in [3.05, 3.63) is 27.3 Å². The van der Waals surface area contributed by atoms with E-state index in [0.29, 0.717) is 0 Å². The second-order valence-corrected chi connectivity index (χ2v) is 5.97. The van der Waals surface area contributed by atoms with Gasteiger partial charge in [0.1, 0.15) is 0 Å². The molecule has 2 atom stereocenters. The summed E-state index contributed by atoms with van der Waals surface area (Å²) in [5, 5.41) is 0. The number of carbonyl (C=O) groups is 1. The smallest absolute Gasteiger partial charge is 0.234 e. The van der Waals surface area contributed by atoms with Crippen LogP contribution in [0.3, 0.4) is 0 Å². The molecule has 5 heteroatoms. The van der Waals surface area contributed by atoms with Crippen LogP contribution in [0.25, 0.3) is 0 Å². The molecule has 0 spiro atoms. The van der Waals surface area contributed by atoms with Gasteiger partial charge in [-0.15, -0.1) is 0 Å². The van der Waals surface area contributed by atoms with Crippen LogP contribution in [0.4, 0.5) is 5.69 Å². The molecule has 0 aliphatic heterocycles. The molecule has 1 aromatic carbocycles. The molecule has 0 fully saturated rings. The number of hydrogen-bond donors (Lipinski definition) is 3. The van der Waals surface area contributed by atoms with E-state index in [-0.39, 0.29) is 5.92 Å². The van der Waals surface area contributed by atoms with Gasteiger partial charge >= 0.3 is 0 Å². The zero-order chi connectivity index (χ0) is 14.4. The van der Waals surface area contributed by atoms with E-state index in [1.54, 1.807) is 0 Å². The average molecular weight is 375 g/mol. The summed E-state index contributed by atoms with van der Waals surface area (Å²) >= 11 is 2.19. The van der Waals surface area contributed by atoms with Crippen LogP contribution in [0.1, 0.15) is 44.1 Å². The Morgan fingerprint density at radius 1 is 1.37 bits per heavy atom. The SMILES string of the molecule is CCCCCC(c1ccc(N)c(I)c1)C(N)C(N)=O. The van der Waals surface area contributed by atoms with Crippen LogP contribution in [0.2, 0.25) is 0 Å². The highest BCUT2D eigenvalue weighted by molar-refractivity contribution is 14.1. The van der Waals surface area contributed by atoms with E-state index in [1.165, 1.54) is 0 Å². The zero-order valence-electron chi connectivity index (χ0n) is 11.2. The first-order chi connectivity index (χ1) is 8.97. The number of benzene rings is 1. The molecule has 0 heterocycles.